The van der Waals surface area contributed by atoms with E-state index in [1.165, 1.54) is 23.1 Å². The van der Waals surface area contributed by atoms with Gasteiger partial charge in [-0.05, 0) is 24.5 Å². The second kappa shape index (κ2) is 9.04. The summed E-state index contributed by atoms with van der Waals surface area (Å²) in [4.78, 5) is 25.2. The number of aryl methyl sites for hydroxylation is 1. The number of likely N-dealkylation sites (N-methyl/N-ethyl adjacent to an activating group) is 1. The zero-order chi connectivity index (χ0) is 21.8. The number of hydrogen-bond donors (Lipinski definition) is 0. The minimum Gasteiger partial charge on any atom is -0.340 e. The van der Waals surface area contributed by atoms with Gasteiger partial charge in [0, 0.05) is 25.7 Å². The Morgan fingerprint density at radius 2 is 1.79 bits per heavy atom. The molecule has 0 aliphatic rings. The molecule has 0 spiro atoms. The predicted molar refractivity (Wildman–Crippen MR) is 112 cm³/mol. The lowest BCUT2D eigenvalue weighted by atomic mass is 10.1. The summed E-state index contributed by atoms with van der Waals surface area (Å²) in [5, 5.41) is 11.2. The number of benzene rings is 2. The van der Waals surface area contributed by atoms with Crippen molar-refractivity contribution in [2.24, 2.45) is 0 Å². The number of nitro groups is 1. The minimum atomic E-state index is -3.88. The van der Waals surface area contributed by atoms with Gasteiger partial charge in [-0.2, -0.15) is 0 Å². The maximum absolute atomic E-state index is 13.2. The van der Waals surface area contributed by atoms with Gasteiger partial charge < -0.3 is 4.90 Å². The summed E-state index contributed by atoms with van der Waals surface area (Å²) in [5.41, 5.74) is 1.34. The van der Waals surface area contributed by atoms with Crippen molar-refractivity contribution in [3.05, 3.63) is 69.8 Å². The van der Waals surface area contributed by atoms with Crippen LogP contribution in [0.1, 0.15) is 24.5 Å². The molecule has 0 fully saturated rings. The van der Waals surface area contributed by atoms with Crippen LogP contribution in [-0.4, -0.2) is 43.5 Å². The monoisotopic (exact) mass is 419 g/mol. The molecule has 2 rings (SSSR count). The van der Waals surface area contributed by atoms with Crippen molar-refractivity contribution in [2.75, 3.05) is 17.6 Å². The van der Waals surface area contributed by atoms with Crippen molar-refractivity contribution in [3.63, 3.8) is 0 Å². The SMILES string of the molecule is CCC(C(=O)N(C)Cc1ccccc1)N(c1cc([N+](=O)[O-])ccc1C)S(C)(=O)=O. The average Bonchev–Trinajstić information content (AvgIpc) is 2.66. The van der Waals surface area contributed by atoms with Crippen LogP contribution in [0.3, 0.4) is 0 Å². The third-order valence-electron chi connectivity index (χ3n) is 4.59. The van der Waals surface area contributed by atoms with E-state index in [1.54, 1.807) is 20.9 Å². The summed E-state index contributed by atoms with van der Waals surface area (Å²) in [6, 6.07) is 12.3. The molecule has 9 heteroatoms. The first kappa shape index (κ1) is 22.4. The van der Waals surface area contributed by atoms with Gasteiger partial charge in [-0.3, -0.25) is 19.2 Å². The molecular weight excluding hydrogens is 394 g/mol. The molecular formula is C20H25N3O5S. The van der Waals surface area contributed by atoms with E-state index in [0.717, 1.165) is 16.1 Å². The Labute approximate surface area is 171 Å². The number of nitro benzene ring substituents is 1. The first-order chi connectivity index (χ1) is 13.6. The van der Waals surface area contributed by atoms with Gasteiger partial charge in [0.2, 0.25) is 15.9 Å². The van der Waals surface area contributed by atoms with Gasteiger partial charge in [0.05, 0.1) is 16.9 Å². The molecule has 1 unspecified atom stereocenters. The summed E-state index contributed by atoms with van der Waals surface area (Å²) in [6.45, 7) is 3.69. The molecule has 0 saturated heterocycles. The molecule has 0 bridgehead atoms. The van der Waals surface area contributed by atoms with Gasteiger partial charge in [0.25, 0.3) is 5.69 Å². The third-order valence-corrected chi connectivity index (χ3v) is 5.76. The maximum Gasteiger partial charge on any atom is 0.271 e. The van der Waals surface area contributed by atoms with Crippen LogP contribution < -0.4 is 4.31 Å². The quantitative estimate of drug-likeness (QED) is 0.483. The Morgan fingerprint density at radius 1 is 1.17 bits per heavy atom. The largest absolute Gasteiger partial charge is 0.340 e. The number of nitrogens with zero attached hydrogens (tertiary/aromatic N) is 3. The maximum atomic E-state index is 13.2. The number of carbonyl (C=O) groups is 1. The summed E-state index contributed by atoms with van der Waals surface area (Å²) in [6.07, 6.45) is 1.21. The Balaban J connectivity index is 2.46. The second-order valence-electron chi connectivity index (χ2n) is 6.89. The van der Waals surface area contributed by atoms with Gasteiger partial charge >= 0.3 is 0 Å². The fourth-order valence-electron chi connectivity index (χ4n) is 3.16. The van der Waals surface area contributed by atoms with E-state index in [-0.39, 0.29) is 23.7 Å². The Bertz CT molecular complexity index is 992. The summed E-state index contributed by atoms with van der Waals surface area (Å²) < 4.78 is 26.3. The first-order valence-electron chi connectivity index (χ1n) is 9.09. The fourth-order valence-corrected chi connectivity index (χ4v) is 4.41. The topological polar surface area (TPSA) is 101 Å². The summed E-state index contributed by atoms with van der Waals surface area (Å²) in [5.74, 6) is -0.382. The van der Waals surface area contributed by atoms with Crippen LogP contribution >= 0.6 is 0 Å². The van der Waals surface area contributed by atoms with E-state index >= 15 is 0 Å². The van der Waals surface area contributed by atoms with Crippen LogP contribution in [0.2, 0.25) is 0 Å². The average molecular weight is 420 g/mol. The minimum absolute atomic E-state index is 0.134. The van der Waals surface area contributed by atoms with Gasteiger partial charge in [-0.1, -0.05) is 43.3 Å². The molecule has 2 aromatic rings. The highest BCUT2D eigenvalue weighted by atomic mass is 32.2. The number of anilines is 1. The van der Waals surface area contributed by atoms with E-state index in [9.17, 15) is 23.3 Å². The molecule has 0 radical (unpaired) electrons. The van der Waals surface area contributed by atoms with Crippen molar-refractivity contribution in [1.29, 1.82) is 0 Å². The van der Waals surface area contributed by atoms with Crippen molar-refractivity contribution in [3.8, 4) is 0 Å². The third kappa shape index (κ3) is 5.32. The molecule has 2 aromatic carbocycles. The first-order valence-corrected chi connectivity index (χ1v) is 10.9. The van der Waals surface area contributed by atoms with Crippen LogP contribution in [-0.2, 0) is 21.4 Å². The molecule has 0 N–H and O–H groups in total. The van der Waals surface area contributed by atoms with Crippen molar-refractivity contribution in [2.45, 2.75) is 32.9 Å². The standard InChI is InChI=1S/C20H25N3O5S/c1-5-18(20(24)21(3)14-16-9-7-6-8-10-16)22(29(4,27)28)19-13-17(23(25)26)12-11-15(19)2/h6-13,18H,5,14H2,1-4H3. The second-order valence-corrected chi connectivity index (χ2v) is 8.75. The highest BCUT2D eigenvalue weighted by Gasteiger charge is 2.34. The normalized spacial score (nSPS) is 12.3. The molecule has 1 atom stereocenters. The zero-order valence-electron chi connectivity index (χ0n) is 16.9. The smallest absolute Gasteiger partial charge is 0.271 e. The fraction of sp³-hybridized carbons (Fsp3) is 0.350. The van der Waals surface area contributed by atoms with Gasteiger partial charge in [0.1, 0.15) is 6.04 Å². The number of sulfonamides is 1. The molecule has 29 heavy (non-hydrogen) atoms. The summed E-state index contributed by atoms with van der Waals surface area (Å²) in [7, 11) is -2.27. The Hall–Kier alpha value is -2.94. The van der Waals surface area contributed by atoms with E-state index < -0.39 is 21.0 Å². The van der Waals surface area contributed by atoms with Crippen LogP contribution in [0.15, 0.2) is 48.5 Å². The van der Waals surface area contributed by atoms with Crippen LogP contribution in [0.5, 0.6) is 0 Å². The lowest BCUT2D eigenvalue weighted by molar-refractivity contribution is -0.384. The van der Waals surface area contributed by atoms with E-state index in [1.807, 2.05) is 30.3 Å². The molecule has 8 nitrogen and oxygen atoms in total. The van der Waals surface area contributed by atoms with Crippen molar-refractivity contribution < 1.29 is 18.1 Å². The molecule has 0 aromatic heterocycles. The van der Waals surface area contributed by atoms with E-state index in [2.05, 4.69) is 0 Å². The van der Waals surface area contributed by atoms with Gasteiger partial charge in [-0.25, -0.2) is 8.42 Å². The number of amides is 1. The Kier molecular flexibility index (Phi) is 6.97. The molecule has 156 valence electrons. The summed E-state index contributed by atoms with van der Waals surface area (Å²) >= 11 is 0. The van der Waals surface area contributed by atoms with Gasteiger partial charge in [-0.15, -0.1) is 0 Å². The van der Waals surface area contributed by atoms with Crippen molar-refractivity contribution >= 4 is 27.3 Å². The van der Waals surface area contributed by atoms with E-state index in [0.29, 0.717) is 12.1 Å². The predicted octanol–water partition coefficient (Wildman–Crippen LogP) is 3.11. The van der Waals surface area contributed by atoms with Crippen molar-refractivity contribution in [1.82, 2.24) is 4.90 Å². The molecule has 0 heterocycles. The highest BCUT2D eigenvalue weighted by molar-refractivity contribution is 7.92. The van der Waals surface area contributed by atoms with Crippen LogP contribution in [0.4, 0.5) is 11.4 Å². The van der Waals surface area contributed by atoms with Gasteiger partial charge in [0.15, 0.2) is 0 Å². The zero-order valence-corrected chi connectivity index (χ0v) is 17.7. The number of rotatable bonds is 8. The van der Waals surface area contributed by atoms with Crippen LogP contribution in [0.25, 0.3) is 0 Å². The molecule has 1 amide bonds. The molecule has 0 saturated carbocycles. The molecule has 0 aliphatic heterocycles. The van der Waals surface area contributed by atoms with Crippen LogP contribution in [0, 0.1) is 17.0 Å². The lowest BCUT2D eigenvalue weighted by Crippen LogP contribution is -2.49. The number of non-ortho nitro benzene ring substituents is 1. The number of carbonyl (C=O) groups excluding carboxylic acids is 1. The lowest BCUT2D eigenvalue weighted by Gasteiger charge is -2.33. The Morgan fingerprint density at radius 3 is 2.31 bits per heavy atom. The highest BCUT2D eigenvalue weighted by Crippen LogP contribution is 2.30. The number of hydrogen-bond acceptors (Lipinski definition) is 5. The molecule has 0 aliphatic carbocycles. The van der Waals surface area contributed by atoms with E-state index in [4.69, 9.17) is 0 Å².